The number of hydrogen-bond acceptors (Lipinski definition) is 3. The number of nitrogens with zero attached hydrogens (tertiary/aromatic N) is 2. The van der Waals surface area contributed by atoms with Crippen molar-refractivity contribution in [1.29, 1.82) is 0 Å². The lowest BCUT2D eigenvalue weighted by atomic mass is 10.0. The Hall–Kier alpha value is -0.220. The van der Waals surface area contributed by atoms with Crippen molar-refractivity contribution in [3.63, 3.8) is 0 Å². The molecule has 0 radical (unpaired) electrons. The summed E-state index contributed by atoms with van der Waals surface area (Å²) in [5, 5.41) is 0. The van der Waals surface area contributed by atoms with E-state index in [9.17, 15) is 4.79 Å². The van der Waals surface area contributed by atoms with Crippen molar-refractivity contribution in [2.45, 2.75) is 33.1 Å². The van der Waals surface area contributed by atoms with Crippen LogP contribution in [0.2, 0.25) is 0 Å². The fourth-order valence-corrected chi connectivity index (χ4v) is 2.52. The first-order chi connectivity index (χ1) is 8.22. The van der Waals surface area contributed by atoms with Gasteiger partial charge in [-0.1, -0.05) is 13.8 Å². The molecule has 1 aliphatic heterocycles. The lowest BCUT2D eigenvalue weighted by Gasteiger charge is -2.36. The zero-order valence-corrected chi connectivity index (χ0v) is 12.1. The smallest absolute Gasteiger partial charge is 0.225 e. The molecule has 1 aliphatic rings. The van der Waals surface area contributed by atoms with Gasteiger partial charge in [-0.2, -0.15) is 12.6 Å². The summed E-state index contributed by atoms with van der Waals surface area (Å²) in [6.07, 6.45) is 3.08. The Labute approximate surface area is 111 Å². The van der Waals surface area contributed by atoms with E-state index in [0.29, 0.717) is 5.91 Å². The molecule has 0 bridgehead atoms. The summed E-state index contributed by atoms with van der Waals surface area (Å²) in [5.74, 6) is 1.55. The van der Waals surface area contributed by atoms with Crippen LogP contribution in [0.25, 0.3) is 0 Å². The van der Waals surface area contributed by atoms with Gasteiger partial charge in [-0.05, 0) is 31.6 Å². The molecule has 0 aromatic heterocycles. The van der Waals surface area contributed by atoms with Gasteiger partial charge in [-0.15, -0.1) is 0 Å². The van der Waals surface area contributed by atoms with Gasteiger partial charge in [0.05, 0.1) is 0 Å². The summed E-state index contributed by atoms with van der Waals surface area (Å²) in [6.45, 7) is 9.20. The molecule has 0 saturated carbocycles. The van der Waals surface area contributed by atoms with E-state index in [0.717, 1.165) is 57.7 Å². The van der Waals surface area contributed by atoms with E-state index in [-0.39, 0.29) is 5.92 Å². The highest BCUT2D eigenvalue weighted by atomic mass is 32.1. The summed E-state index contributed by atoms with van der Waals surface area (Å²) >= 11 is 4.23. The van der Waals surface area contributed by atoms with Gasteiger partial charge in [-0.3, -0.25) is 9.69 Å². The molecule has 4 heteroatoms. The van der Waals surface area contributed by atoms with Gasteiger partial charge in [0.1, 0.15) is 0 Å². The highest BCUT2D eigenvalue weighted by Crippen LogP contribution is 2.14. The molecule has 1 saturated heterocycles. The topological polar surface area (TPSA) is 23.6 Å². The lowest BCUT2D eigenvalue weighted by molar-refractivity contribution is -0.137. The van der Waals surface area contributed by atoms with Gasteiger partial charge in [0.25, 0.3) is 0 Å². The van der Waals surface area contributed by atoms with Gasteiger partial charge in [0.15, 0.2) is 0 Å². The normalized spacial score (nSPS) is 17.8. The highest BCUT2D eigenvalue weighted by Gasteiger charge is 2.24. The monoisotopic (exact) mass is 258 g/mol. The summed E-state index contributed by atoms with van der Waals surface area (Å²) in [5.41, 5.74) is 0. The molecular formula is C13H26N2OS. The summed E-state index contributed by atoms with van der Waals surface area (Å²) < 4.78 is 0. The van der Waals surface area contributed by atoms with Gasteiger partial charge < -0.3 is 4.90 Å². The van der Waals surface area contributed by atoms with Crippen molar-refractivity contribution < 1.29 is 4.79 Å². The highest BCUT2D eigenvalue weighted by molar-refractivity contribution is 7.80. The third kappa shape index (κ3) is 4.51. The Morgan fingerprint density at radius 2 is 1.76 bits per heavy atom. The first-order valence-electron chi connectivity index (χ1n) is 6.84. The van der Waals surface area contributed by atoms with E-state index in [1.54, 1.807) is 0 Å². The summed E-state index contributed by atoms with van der Waals surface area (Å²) in [4.78, 5) is 16.7. The standard InChI is InChI=1S/C13H26N2OS/c1-3-12(4-2)13(16)15-9-7-14(8-10-15)6-5-11-17/h12,17H,3-11H2,1-2H3. The third-order valence-corrected chi connectivity index (χ3v) is 3.97. The number of carbonyl (C=O) groups excluding carboxylic acids is 1. The van der Waals surface area contributed by atoms with Crippen LogP contribution in [0.1, 0.15) is 33.1 Å². The van der Waals surface area contributed by atoms with Crippen molar-refractivity contribution in [2.75, 3.05) is 38.5 Å². The lowest BCUT2D eigenvalue weighted by Crippen LogP contribution is -2.50. The molecule has 1 rings (SSSR count). The Kier molecular flexibility index (Phi) is 6.97. The second-order valence-electron chi connectivity index (χ2n) is 4.76. The minimum absolute atomic E-state index is 0.235. The number of thiol groups is 1. The molecular weight excluding hydrogens is 232 g/mol. The molecule has 0 spiro atoms. The van der Waals surface area contributed by atoms with E-state index < -0.39 is 0 Å². The van der Waals surface area contributed by atoms with Crippen LogP contribution in [-0.2, 0) is 4.79 Å². The third-order valence-electron chi connectivity index (χ3n) is 3.65. The average molecular weight is 258 g/mol. The number of hydrogen-bond donors (Lipinski definition) is 1. The molecule has 100 valence electrons. The first kappa shape index (κ1) is 14.8. The van der Waals surface area contributed by atoms with Crippen LogP contribution in [0.3, 0.4) is 0 Å². The van der Waals surface area contributed by atoms with Crippen LogP contribution in [0.15, 0.2) is 0 Å². The largest absolute Gasteiger partial charge is 0.340 e. The molecule has 0 aromatic carbocycles. The van der Waals surface area contributed by atoms with E-state index in [1.165, 1.54) is 0 Å². The maximum atomic E-state index is 12.2. The van der Waals surface area contributed by atoms with Gasteiger partial charge >= 0.3 is 0 Å². The maximum Gasteiger partial charge on any atom is 0.225 e. The second-order valence-corrected chi connectivity index (χ2v) is 5.20. The van der Waals surface area contributed by atoms with E-state index in [4.69, 9.17) is 0 Å². The fourth-order valence-electron chi connectivity index (χ4n) is 2.38. The predicted molar refractivity (Wildman–Crippen MR) is 75.6 cm³/mol. The average Bonchev–Trinajstić information content (AvgIpc) is 2.38. The van der Waals surface area contributed by atoms with E-state index in [2.05, 4.69) is 36.3 Å². The Morgan fingerprint density at radius 3 is 2.24 bits per heavy atom. The van der Waals surface area contributed by atoms with Crippen LogP contribution >= 0.6 is 12.6 Å². The van der Waals surface area contributed by atoms with Gasteiger partial charge in [-0.25, -0.2) is 0 Å². The Balaban J connectivity index is 2.33. The molecule has 0 aromatic rings. The molecule has 3 nitrogen and oxygen atoms in total. The summed E-state index contributed by atoms with van der Waals surface area (Å²) in [7, 11) is 0. The zero-order chi connectivity index (χ0) is 12.7. The van der Waals surface area contributed by atoms with Crippen molar-refractivity contribution in [2.24, 2.45) is 5.92 Å². The molecule has 17 heavy (non-hydrogen) atoms. The van der Waals surface area contributed by atoms with Gasteiger partial charge in [0.2, 0.25) is 5.91 Å². The molecule has 0 N–H and O–H groups in total. The van der Waals surface area contributed by atoms with Crippen LogP contribution in [-0.4, -0.2) is 54.2 Å². The SMILES string of the molecule is CCC(CC)C(=O)N1CCN(CCCS)CC1. The van der Waals surface area contributed by atoms with Crippen LogP contribution in [0.5, 0.6) is 0 Å². The van der Waals surface area contributed by atoms with Gasteiger partial charge in [0, 0.05) is 32.1 Å². The number of carbonyl (C=O) groups is 1. The molecule has 0 atom stereocenters. The maximum absolute atomic E-state index is 12.2. The van der Waals surface area contributed by atoms with E-state index in [1.807, 2.05) is 0 Å². The fraction of sp³-hybridized carbons (Fsp3) is 0.923. The Bertz CT molecular complexity index is 223. The van der Waals surface area contributed by atoms with Crippen molar-refractivity contribution >= 4 is 18.5 Å². The second kappa shape index (κ2) is 7.98. The number of piperazine rings is 1. The van der Waals surface area contributed by atoms with Crippen molar-refractivity contribution in [3.8, 4) is 0 Å². The zero-order valence-electron chi connectivity index (χ0n) is 11.2. The van der Waals surface area contributed by atoms with Crippen molar-refractivity contribution in [1.82, 2.24) is 9.80 Å². The Morgan fingerprint density at radius 1 is 1.18 bits per heavy atom. The molecule has 1 heterocycles. The van der Waals surface area contributed by atoms with Crippen LogP contribution in [0.4, 0.5) is 0 Å². The van der Waals surface area contributed by atoms with Crippen LogP contribution < -0.4 is 0 Å². The molecule has 0 aliphatic carbocycles. The molecule has 1 amide bonds. The molecule has 0 unspecified atom stereocenters. The quantitative estimate of drug-likeness (QED) is 0.736. The van der Waals surface area contributed by atoms with Crippen LogP contribution in [0, 0.1) is 5.92 Å². The predicted octanol–water partition coefficient (Wildman–Crippen LogP) is 1.89. The number of amides is 1. The minimum atomic E-state index is 0.235. The van der Waals surface area contributed by atoms with E-state index >= 15 is 0 Å². The van der Waals surface area contributed by atoms with Crippen molar-refractivity contribution in [3.05, 3.63) is 0 Å². The summed E-state index contributed by atoms with van der Waals surface area (Å²) in [6, 6.07) is 0. The molecule has 1 fully saturated rings. The minimum Gasteiger partial charge on any atom is -0.340 e. The first-order valence-corrected chi connectivity index (χ1v) is 7.48. The number of rotatable bonds is 6.